The van der Waals surface area contributed by atoms with Crippen molar-refractivity contribution in [3.8, 4) is 11.8 Å². The van der Waals surface area contributed by atoms with Crippen LogP contribution in [0.5, 0.6) is 0 Å². The Hall–Kier alpha value is -3.32. The van der Waals surface area contributed by atoms with Crippen LogP contribution >= 0.6 is 0 Å². The first-order chi connectivity index (χ1) is 21.6. The van der Waals surface area contributed by atoms with Crippen LogP contribution in [-0.4, -0.2) is 5.78 Å². The Morgan fingerprint density at radius 3 is 2.11 bits per heavy atom. The second-order valence-electron chi connectivity index (χ2n) is 13.8. The monoisotopic (exact) mass is 614 g/mol. The van der Waals surface area contributed by atoms with Gasteiger partial charge in [0.2, 0.25) is 0 Å². The molecule has 0 amide bonds. The third kappa shape index (κ3) is 9.59. The highest BCUT2D eigenvalue weighted by atomic mass is 19.4. The highest BCUT2D eigenvalue weighted by Gasteiger charge is 2.30. The zero-order chi connectivity index (χ0) is 31.8. The van der Waals surface area contributed by atoms with Crippen molar-refractivity contribution < 1.29 is 19.4 Å². The number of hydrogen-bond acceptors (Lipinski definition) is 1. The summed E-state index contributed by atoms with van der Waals surface area (Å²) in [6.07, 6.45) is 16.6. The van der Waals surface area contributed by atoms with Gasteiger partial charge in [0.1, 0.15) is 0 Å². The van der Waals surface area contributed by atoms with Gasteiger partial charge in [0.15, 0.2) is 5.78 Å². The number of benzene rings is 2. The minimum absolute atomic E-state index is 0. The van der Waals surface area contributed by atoms with Gasteiger partial charge in [-0.1, -0.05) is 91.8 Å². The first-order valence-electron chi connectivity index (χ1n) is 17.0. The van der Waals surface area contributed by atoms with Gasteiger partial charge in [-0.2, -0.15) is 13.2 Å². The predicted molar refractivity (Wildman–Crippen MR) is 180 cm³/mol. The molecule has 0 N–H and O–H groups in total. The van der Waals surface area contributed by atoms with Crippen molar-refractivity contribution in [1.82, 2.24) is 0 Å². The van der Waals surface area contributed by atoms with E-state index in [1.54, 1.807) is 12.1 Å². The number of rotatable bonds is 7. The van der Waals surface area contributed by atoms with E-state index >= 15 is 0 Å². The molecule has 1 nitrogen and oxygen atoms in total. The van der Waals surface area contributed by atoms with Crippen LogP contribution in [0.4, 0.5) is 13.2 Å². The molecule has 2 aromatic rings. The molecule has 4 heteroatoms. The summed E-state index contributed by atoms with van der Waals surface area (Å²) >= 11 is 0. The molecule has 5 rings (SSSR count). The molecule has 3 aliphatic rings. The molecule has 0 saturated heterocycles. The van der Waals surface area contributed by atoms with Crippen LogP contribution in [0.25, 0.3) is 0 Å². The van der Waals surface area contributed by atoms with Crippen LogP contribution < -0.4 is 0 Å². The molecular formula is C41H49F3O. The summed E-state index contributed by atoms with van der Waals surface area (Å²) in [5, 5.41) is 0. The van der Waals surface area contributed by atoms with Crippen molar-refractivity contribution in [2.75, 3.05) is 0 Å². The van der Waals surface area contributed by atoms with Crippen molar-refractivity contribution in [3.05, 3.63) is 106 Å². The zero-order valence-electron chi connectivity index (χ0n) is 26.8. The van der Waals surface area contributed by atoms with Gasteiger partial charge in [-0.15, -0.1) is 0 Å². The molecule has 3 aliphatic carbocycles. The first-order valence-corrected chi connectivity index (χ1v) is 17.0. The summed E-state index contributed by atoms with van der Waals surface area (Å²) in [4.78, 5) is 13.6. The van der Waals surface area contributed by atoms with Gasteiger partial charge < -0.3 is 0 Å². The van der Waals surface area contributed by atoms with E-state index in [-0.39, 0.29) is 13.1 Å². The number of halogens is 3. The van der Waals surface area contributed by atoms with Gasteiger partial charge >= 0.3 is 6.18 Å². The first kappa shape index (κ1) is 33.1. The minimum Gasteiger partial charge on any atom is -0.294 e. The topological polar surface area (TPSA) is 17.1 Å². The van der Waals surface area contributed by atoms with Gasteiger partial charge in [-0.05, 0) is 118 Å². The summed E-state index contributed by atoms with van der Waals surface area (Å²) < 4.78 is 38.6. The second-order valence-corrected chi connectivity index (χ2v) is 13.8. The lowest BCUT2D eigenvalue weighted by Gasteiger charge is -2.25. The average molecular weight is 615 g/mol. The quantitative estimate of drug-likeness (QED) is 0.224. The molecule has 45 heavy (non-hydrogen) atoms. The number of hydrogen-bond donors (Lipinski definition) is 0. The number of Topliss-reactive ketones (excluding diaryl/α,β-unsaturated/α-hetero) is 1. The van der Waals surface area contributed by atoms with Crippen molar-refractivity contribution in [2.45, 2.75) is 97.1 Å². The molecule has 240 valence electrons. The molecule has 0 radical (unpaired) electrons. The van der Waals surface area contributed by atoms with E-state index in [0.717, 1.165) is 68.1 Å². The molecule has 0 spiro atoms. The van der Waals surface area contributed by atoms with E-state index in [4.69, 9.17) is 0 Å². The van der Waals surface area contributed by atoms with Crippen LogP contribution in [0, 0.1) is 48.4 Å². The molecule has 3 atom stereocenters. The van der Waals surface area contributed by atoms with E-state index in [0.29, 0.717) is 30.1 Å². The molecule has 2 saturated carbocycles. The normalized spacial score (nSPS) is 24.7. The number of carbonyl (C=O) groups excluding carboxylic acids is 1. The molecule has 2 fully saturated rings. The lowest BCUT2D eigenvalue weighted by atomic mass is 9.79. The van der Waals surface area contributed by atoms with Crippen molar-refractivity contribution in [2.24, 2.45) is 29.6 Å². The predicted octanol–water partition coefficient (Wildman–Crippen LogP) is 11.1. The van der Waals surface area contributed by atoms with Crippen LogP contribution in [0.2, 0.25) is 0 Å². The third-order valence-corrected chi connectivity index (χ3v) is 10.4. The van der Waals surface area contributed by atoms with Crippen LogP contribution in [-0.2, 0) is 23.8 Å². The maximum absolute atomic E-state index is 13.6. The Bertz CT molecular complexity index is 1440. The molecule has 0 bridgehead atoms. The average Bonchev–Trinajstić information content (AvgIpc) is 3.42. The summed E-state index contributed by atoms with van der Waals surface area (Å²) in [6, 6.07) is 14.6. The third-order valence-electron chi connectivity index (χ3n) is 10.4. The smallest absolute Gasteiger partial charge is 0.294 e. The molecule has 3 unspecified atom stereocenters. The summed E-state index contributed by atoms with van der Waals surface area (Å²) in [5.41, 5.74) is 4.91. The Balaban J connectivity index is 0.00000480. The van der Waals surface area contributed by atoms with Crippen LogP contribution in [0.3, 0.4) is 0 Å². The molecule has 0 heterocycles. The van der Waals surface area contributed by atoms with Crippen molar-refractivity contribution in [3.63, 3.8) is 0 Å². The van der Waals surface area contributed by atoms with E-state index in [2.05, 4.69) is 62.1 Å². The highest BCUT2D eigenvalue weighted by molar-refractivity contribution is 5.99. The van der Waals surface area contributed by atoms with Crippen molar-refractivity contribution in [1.29, 1.82) is 0 Å². The molecule has 2 aromatic carbocycles. The number of ketones is 1. The van der Waals surface area contributed by atoms with Gasteiger partial charge in [0.25, 0.3) is 0 Å². The summed E-state index contributed by atoms with van der Waals surface area (Å²) in [5.74, 6) is 9.13. The van der Waals surface area contributed by atoms with E-state index < -0.39 is 11.7 Å². The van der Waals surface area contributed by atoms with Gasteiger partial charge in [-0.3, -0.25) is 4.79 Å². The van der Waals surface area contributed by atoms with Gasteiger partial charge in [0, 0.05) is 24.4 Å². The fourth-order valence-electron chi connectivity index (χ4n) is 7.41. The number of carbonyl (C=O) groups is 1. The van der Waals surface area contributed by atoms with E-state index in [1.807, 2.05) is 12.2 Å². The largest absolute Gasteiger partial charge is 0.416 e. The fourth-order valence-corrected chi connectivity index (χ4v) is 7.41. The molecule has 0 aliphatic heterocycles. The maximum Gasteiger partial charge on any atom is 0.416 e. The highest BCUT2D eigenvalue weighted by Crippen LogP contribution is 2.36. The van der Waals surface area contributed by atoms with Gasteiger partial charge in [0.05, 0.1) is 5.56 Å². The number of aryl methyl sites for hydroxylation is 1. The Labute approximate surface area is 269 Å². The van der Waals surface area contributed by atoms with E-state index in [9.17, 15) is 18.0 Å². The SMILES string of the molecule is Cc1ccc(CC2CCCC(C(C)C(=O)C3=CCC=C(C#CC4CCC(Cc5ccc(C(F)(F)F)cc5)CC4)C=C3)CC2)cc1.[HH]. The van der Waals surface area contributed by atoms with Crippen LogP contribution in [0.15, 0.2) is 84.0 Å². The number of allylic oxidation sites excluding steroid dienone is 6. The van der Waals surface area contributed by atoms with Gasteiger partial charge in [-0.25, -0.2) is 0 Å². The summed E-state index contributed by atoms with van der Waals surface area (Å²) in [6.45, 7) is 4.27. The fraction of sp³-hybridized carbons (Fsp3) is 0.488. The molecular weight excluding hydrogens is 565 g/mol. The number of alkyl halides is 3. The second kappa shape index (κ2) is 15.3. The lowest BCUT2D eigenvalue weighted by Crippen LogP contribution is -2.22. The maximum atomic E-state index is 13.6. The Morgan fingerprint density at radius 1 is 0.822 bits per heavy atom. The Morgan fingerprint density at radius 2 is 1.44 bits per heavy atom. The van der Waals surface area contributed by atoms with E-state index in [1.165, 1.54) is 42.5 Å². The van der Waals surface area contributed by atoms with Crippen molar-refractivity contribution >= 4 is 5.78 Å². The summed E-state index contributed by atoms with van der Waals surface area (Å²) in [7, 11) is 0. The molecule has 0 aromatic heterocycles. The lowest BCUT2D eigenvalue weighted by molar-refractivity contribution is -0.137. The Kier molecular flexibility index (Phi) is 11.2. The van der Waals surface area contributed by atoms with Crippen LogP contribution in [0.1, 0.15) is 94.8 Å². The zero-order valence-corrected chi connectivity index (χ0v) is 26.8. The minimum atomic E-state index is -4.29. The standard InChI is InChI=1S/C41H47F3O.H2/c1-29-9-11-34(12-10-29)27-33-6-4-7-37(23-20-33)30(2)40(45)38-8-3-5-31(19-24-38)13-14-32-15-17-35(18-16-32)28-36-21-25-39(26-22-36)41(42,43)44;/h5,8-12,19,21-22,24-26,30,32-33,35,37H,3-4,6-7,15-18,20,23,27-28H2,1-2H3;1H.